The van der Waals surface area contributed by atoms with Crippen LogP contribution in [0.15, 0.2) is 24.3 Å². The number of esters is 1. The van der Waals surface area contributed by atoms with E-state index in [1.807, 2.05) is 26.8 Å². The zero-order valence-electron chi connectivity index (χ0n) is 13.0. The summed E-state index contributed by atoms with van der Waals surface area (Å²) in [6.07, 6.45) is 0. The summed E-state index contributed by atoms with van der Waals surface area (Å²) in [7, 11) is 0. The Morgan fingerprint density at radius 1 is 1.19 bits per heavy atom. The van der Waals surface area contributed by atoms with Crippen LogP contribution in [0.3, 0.4) is 0 Å². The molecule has 0 aromatic heterocycles. The van der Waals surface area contributed by atoms with Gasteiger partial charge in [0.05, 0.1) is 17.9 Å². The lowest BCUT2D eigenvalue weighted by Gasteiger charge is -2.19. The van der Waals surface area contributed by atoms with Crippen molar-refractivity contribution in [2.45, 2.75) is 33.3 Å². The number of carbonyl (C=O) groups is 2. The Morgan fingerprint density at radius 3 is 2.48 bits per heavy atom. The Bertz CT molecular complexity index is 491. The third-order valence-electron chi connectivity index (χ3n) is 2.39. The normalized spacial score (nSPS) is 11.0. The molecule has 0 N–H and O–H groups in total. The third kappa shape index (κ3) is 7.18. The summed E-state index contributed by atoms with van der Waals surface area (Å²) in [6.45, 7) is 7.49. The predicted octanol–water partition coefficient (Wildman–Crippen LogP) is 3.34. The summed E-state index contributed by atoms with van der Waals surface area (Å²) in [6, 6.07) is 7.15. The van der Waals surface area contributed by atoms with E-state index in [9.17, 15) is 9.59 Å². The molecule has 0 aliphatic carbocycles. The molecule has 0 atom stereocenters. The van der Waals surface area contributed by atoms with Crippen molar-refractivity contribution in [1.29, 1.82) is 0 Å². The molecule has 1 rings (SSSR count). The van der Waals surface area contributed by atoms with Crippen LogP contribution in [-0.4, -0.2) is 35.5 Å². The van der Waals surface area contributed by atoms with Gasteiger partial charge in [-0.2, -0.15) is 0 Å². The second-order valence-corrected chi connectivity index (χ2v) is 6.65. The Balaban J connectivity index is 2.29. The van der Waals surface area contributed by atoms with Gasteiger partial charge in [0.15, 0.2) is 5.78 Å². The average molecular weight is 310 g/mol. The van der Waals surface area contributed by atoms with Crippen molar-refractivity contribution >= 4 is 23.5 Å². The number of thioether (sulfide) groups is 1. The van der Waals surface area contributed by atoms with Gasteiger partial charge in [-0.1, -0.05) is 12.1 Å². The highest BCUT2D eigenvalue weighted by Gasteiger charge is 2.15. The van der Waals surface area contributed by atoms with Gasteiger partial charge in [0.2, 0.25) is 0 Å². The second-order valence-electron chi connectivity index (χ2n) is 5.54. The Kier molecular flexibility index (Phi) is 6.75. The van der Waals surface area contributed by atoms with E-state index in [1.54, 1.807) is 18.2 Å². The standard InChI is InChI=1S/C16H22O4S/c1-12(17)13-7-5-6-8-14(13)19-9-10-21-11-15(18)20-16(2,3)4/h5-8H,9-11H2,1-4H3. The summed E-state index contributed by atoms with van der Waals surface area (Å²) in [5.41, 5.74) is 0.129. The third-order valence-corrected chi connectivity index (χ3v) is 3.29. The molecular weight excluding hydrogens is 288 g/mol. The molecule has 0 fully saturated rings. The maximum absolute atomic E-state index is 11.5. The molecule has 5 heteroatoms. The molecule has 0 saturated carbocycles. The van der Waals surface area contributed by atoms with Gasteiger partial charge in [0.1, 0.15) is 11.4 Å². The largest absolute Gasteiger partial charge is 0.492 e. The van der Waals surface area contributed by atoms with Crippen molar-refractivity contribution < 1.29 is 19.1 Å². The Hall–Kier alpha value is -1.49. The van der Waals surface area contributed by atoms with E-state index in [0.717, 1.165) is 0 Å². The van der Waals surface area contributed by atoms with Crippen molar-refractivity contribution in [3.8, 4) is 5.75 Å². The van der Waals surface area contributed by atoms with Crippen molar-refractivity contribution in [2.24, 2.45) is 0 Å². The first-order valence-electron chi connectivity index (χ1n) is 6.82. The summed E-state index contributed by atoms with van der Waals surface area (Å²) in [5, 5.41) is 0. The highest BCUT2D eigenvalue weighted by Crippen LogP contribution is 2.18. The fourth-order valence-corrected chi connectivity index (χ4v) is 2.19. The van der Waals surface area contributed by atoms with Gasteiger partial charge >= 0.3 is 5.97 Å². The molecule has 0 aliphatic heterocycles. The minimum Gasteiger partial charge on any atom is -0.492 e. The zero-order valence-corrected chi connectivity index (χ0v) is 13.8. The summed E-state index contributed by atoms with van der Waals surface area (Å²) >= 11 is 1.45. The number of ether oxygens (including phenoxy) is 2. The minimum atomic E-state index is -0.450. The zero-order chi connectivity index (χ0) is 15.9. The van der Waals surface area contributed by atoms with E-state index >= 15 is 0 Å². The number of para-hydroxylation sites is 1. The molecule has 0 bridgehead atoms. The number of carbonyl (C=O) groups excluding carboxylic acids is 2. The average Bonchev–Trinajstić information content (AvgIpc) is 2.36. The van der Waals surface area contributed by atoms with Crippen molar-refractivity contribution in [3.05, 3.63) is 29.8 Å². The van der Waals surface area contributed by atoms with Crippen LogP contribution >= 0.6 is 11.8 Å². The van der Waals surface area contributed by atoms with Crippen molar-refractivity contribution in [1.82, 2.24) is 0 Å². The topological polar surface area (TPSA) is 52.6 Å². The fourth-order valence-electron chi connectivity index (χ4n) is 1.62. The molecule has 0 aliphatic rings. The number of ketones is 1. The summed E-state index contributed by atoms with van der Waals surface area (Å²) < 4.78 is 10.8. The van der Waals surface area contributed by atoms with Gasteiger partial charge in [-0.25, -0.2) is 0 Å². The van der Waals surface area contributed by atoms with Crippen LogP contribution in [0.25, 0.3) is 0 Å². The maximum atomic E-state index is 11.5. The smallest absolute Gasteiger partial charge is 0.316 e. The maximum Gasteiger partial charge on any atom is 0.316 e. The van der Waals surface area contributed by atoms with Crippen LogP contribution in [0.1, 0.15) is 38.1 Å². The highest BCUT2D eigenvalue weighted by atomic mass is 32.2. The van der Waals surface area contributed by atoms with Crippen LogP contribution in [0.4, 0.5) is 0 Å². The van der Waals surface area contributed by atoms with Crippen LogP contribution in [0.2, 0.25) is 0 Å². The number of hydrogen-bond acceptors (Lipinski definition) is 5. The quantitative estimate of drug-likeness (QED) is 0.439. The fraction of sp³-hybridized carbons (Fsp3) is 0.500. The molecule has 0 radical (unpaired) electrons. The van der Waals surface area contributed by atoms with E-state index in [-0.39, 0.29) is 11.8 Å². The molecule has 0 saturated heterocycles. The van der Waals surface area contributed by atoms with Gasteiger partial charge < -0.3 is 9.47 Å². The predicted molar refractivity (Wildman–Crippen MR) is 85.1 cm³/mol. The molecule has 1 aromatic carbocycles. The minimum absolute atomic E-state index is 0.0213. The molecule has 0 amide bonds. The summed E-state index contributed by atoms with van der Waals surface area (Å²) in [4.78, 5) is 22.9. The monoisotopic (exact) mass is 310 g/mol. The van der Waals surface area contributed by atoms with E-state index < -0.39 is 5.60 Å². The molecule has 0 heterocycles. The number of hydrogen-bond donors (Lipinski definition) is 0. The van der Waals surface area contributed by atoms with Crippen LogP contribution in [0.5, 0.6) is 5.75 Å². The lowest BCUT2D eigenvalue weighted by Crippen LogP contribution is -2.25. The molecule has 1 aromatic rings. The van der Waals surface area contributed by atoms with E-state index in [2.05, 4.69) is 0 Å². The number of Topliss-reactive ketones (excluding diaryl/α,β-unsaturated/α-hetero) is 1. The number of benzene rings is 1. The second kappa shape index (κ2) is 8.08. The van der Waals surface area contributed by atoms with Crippen molar-refractivity contribution in [2.75, 3.05) is 18.1 Å². The molecule has 4 nitrogen and oxygen atoms in total. The van der Waals surface area contributed by atoms with Gasteiger partial charge in [-0.05, 0) is 39.8 Å². The Morgan fingerprint density at radius 2 is 1.86 bits per heavy atom. The molecular formula is C16H22O4S. The van der Waals surface area contributed by atoms with Crippen LogP contribution in [-0.2, 0) is 9.53 Å². The van der Waals surface area contributed by atoms with Gasteiger partial charge in [0, 0.05) is 5.75 Å². The van der Waals surface area contributed by atoms with Crippen LogP contribution < -0.4 is 4.74 Å². The molecule has 21 heavy (non-hydrogen) atoms. The van der Waals surface area contributed by atoms with E-state index in [1.165, 1.54) is 18.7 Å². The molecule has 0 spiro atoms. The molecule has 116 valence electrons. The first-order valence-corrected chi connectivity index (χ1v) is 7.97. The SMILES string of the molecule is CC(=O)c1ccccc1OCCSCC(=O)OC(C)(C)C. The van der Waals surface area contributed by atoms with Crippen molar-refractivity contribution in [3.63, 3.8) is 0 Å². The van der Waals surface area contributed by atoms with Gasteiger partial charge in [-0.3, -0.25) is 9.59 Å². The first-order chi connectivity index (χ1) is 9.79. The van der Waals surface area contributed by atoms with Gasteiger partial charge in [-0.15, -0.1) is 11.8 Å². The van der Waals surface area contributed by atoms with E-state index in [4.69, 9.17) is 9.47 Å². The Labute approximate surface area is 130 Å². The highest BCUT2D eigenvalue weighted by molar-refractivity contribution is 7.99. The molecule has 0 unspecified atom stereocenters. The van der Waals surface area contributed by atoms with Crippen LogP contribution in [0, 0.1) is 0 Å². The summed E-state index contributed by atoms with van der Waals surface area (Å²) in [5.74, 6) is 1.30. The lowest BCUT2D eigenvalue weighted by molar-refractivity contribution is -0.151. The lowest BCUT2D eigenvalue weighted by atomic mass is 10.1. The first kappa shape index (κ1) is 17.6. The number of rotatable bonds is 7. The van der Waals surface area contributed by atoms with Gasteiger partial charge in [0.25, 0.3) is 0 Å². The van der Waals surface area contributed by atoms with E-state index in [0.29, 0.717) is 29.4 Å².